The Bertz CT molecular complexity index is 1360. The number of aromatic carboxylic acids is 1. The lowest BCUT2D eigenvalue weighted by atomic mass is 10.1. The summed E-state index contributed by atoms with van der Waals surface area (Å²) in [7, 11) is 1.59. The minimum Gasteiger partial charge on any atom is -0.494 e. The fraction of sp³-hybridized carbons (Fsp3) is 0.400. The van der Waals surface area contributed by atoms with Gasteiger partial charge in [0.15, 0.2) is 5.82 Å². The standard InChI is InChI=1S/C25H27N5O3/c1-33-21-11-18(25(31)32)9-19-22(21)30(14-16-6-8-26-12-16)24(28-19)20-10-17-3-2-7-27-23(17)29(20)13-15-4-5-15/h2-3,7,9-11,15-16,26H,4-6,8,12-14H2,1H3,(H,31,32). The molecule has 170 valence electrons. The summed E-state index contributed by atoms with van der Waals surface area (Å²) in [5.41, 5.74) is 3.66. The first-order chi connectivity index (χ1) is 16.1. The van der Waals surface area contributed by atoms with Crippen molar-refractivity contribution in [2.24, 2.45) is 11.8 Å². The van der Waals surface area contributed by atoms with Crippen molar-refractivity contribution in [3.8, 4) is 17.3 Å². The van der Waals surface area contributed by atoms with Crippen molar-refractivity contribution in [2.45, 2.75) is 32.4 Å². The van der Waals surface area contributed by atoms with Crippen LogP contribution in [0.15, 0.2) is 36.5 Å². The van der Waals surface area contributed by atoms with Crippen LogP contribution in [0.25, 0.3) is 33.6 Å². The molecule has 0 spiro atoms. The lowest BCUT2D eigenvalue weighted by molar-refractivity contribution is 0.0696. The minimum absolute atomic E-state index is 0.179. The zero-order valence-corrected chi connectivity index (χ0v) is 18.6. The van der Waals surface area contributed by atoms with Gasteiger partial charge in [0.1, 0.15) is 16.9 Å². The van der Waals surface area contributed by atoms with Gasteiger partial charge in [-0.2, -0.15) is 0 Å². The number of aromatic nitrogens is 4. The lowest BCUT2D eigenvalue weighted by Gasteiger charge is -2.16. The third kappa shape index (κ3) is 3.54. The molecule has 2 N–H and O–H groups in total. The van der Waals surface area contributed by atoms with Crippen LogP contribution in [0.4, 0.5) is 0 Å². The Balaban J connectivity index is 1.61. The highest BCUT2D eigenvalue weighted by Crippen LogP contribution is 2.38. The number of hydrogen-bond acceptors (Lipinski definition) is 5. The monoisotopic (exact) mass is 445 g/mol. The number of pyridine rings is 1. The molecule has 1 aliphatic carbocycles. The highest BCUT2D eigenvalue weighted by atomic mass is 16.5. The van der Waals surface area contributed by atoms with Crippen LogP contribution in [0.5, 0.6) is 5.75 Å². The Kier molecular flexibility index (Phi) is 4.83. The van der Waals surface area contributed by atoms with Gasteiger partial charge in [-0.3, -0.25) is 0 Å². The van der Waals surface area contributed by atoms with Gasteiger partial charge in [-0.1, -0.05) is 0 Å². The number of rotatable bonds is 7. The largest absolute Gasteiger partial charge is 0.494 e. The Hall–Kier alpha value is -3.39. The fourth-order valence-electron chi connectivity index (χ4n) is 5.03. The molecule has 1 atom stereocenters. The molecule has 1 aliphatic heterocycles. The van der Waals surface area contributed by atoms with Crippen molar-refractivity contribution in [2.75, 3.05) is 20.2 Å². The van der Waals surface area contributed by atoms with Crippen molar-refractivity contribution < 1.29 is 14.6 Å². The van der Waals surface area contributed by atoms with Crippen LogP contribution in [0.2, 0.25) is 0 Å². The second-order valence-electron chi connectivity index (χ2n) is 9.26. The molecule has 33 heavy (non-hydrogen) atoms. The van der Waals surface area contributed by atoms with Gasteiger partial charge in [-0.05, 0) is 74.5 Å². The summed E-state index contributed by atoms with van der Waals surface area (Å²) in [6.07, 6.45) is 5.42. The second kappa shape index (κ2) is 7.88. The molecule has 0 amide bonds. The third-order valence-electron chi connectivity index (χ3n) is 6.90. The lowest BCUT2D eigenvalue weighted by Crippen LogP contribution is -2.16. The molecule has 4 heterocycles. The van der Waals surface area contributed by atoms with Gasteiger partial charge in [0.2, 0.25) is 0 Å². The number of fused-ring (bicyclic) bond motifs is 2. The first-order valence-corrected chi connectivity index (χ1v) is 11.6. The van der Waals surface area contributed by atoms with E-state index in [1.165, 1.54) is 12.8 Å². The summed E-state index contributed by atoms with van der Waals surface area (Å²) in [6, 6.07) is 9.47. The van der Waals surface area contributed by atoms with Crippen molar-refractivity contribution >= 4 is 28.0 Å². The predicted molar refractivity (Wildman–Crippen MR) is 126 cm³/mol. The van der Waals surface area contributed by atoms with E-state index in [-0.39, 0.29) is 5.56 Å². The van der Waals surface area contributed by atoms with E-state index >= 15 is 0 Å². The maximum absolute atomic E-state index is 11.7. The highest BCUT2D eigenvalue weighted by Gasteiger charge is 2.28. The molecule has 1 saturated heterocycles. The number of methoxy groups -OCH3 is 1. The average Bonchev–Trinajstić information content (AvgIpc) is 3.19. The zero-order chi connectivity index (χ0) is 22.5. The quantitative estimate of drug-likeness (QED) is 0.450. The molecule has 2 fully saturated rings. The smallest absolute Gasteiger partial charge is 0.335 e. The topological polar surface area (TPSA) is 94.2 Å². The maximum Gasteiger partial charge on any atom is 0.335 e. The van der Waals surface area contributed by atoms with Gasteiger partial charge in [-0.15, -0.1) is 0 Å². The number of hydrogen-bond donors (Lipinski definition) is 2. The molecule has 0 bridgehead atoms. The Morgan fingerprint density at radius 2 is 2.03 bits per heavy atom. The van der Waals surface area contributed by atoms with Crippen LogP contribution < -0.4 is 10.1 Å². The van der Waals surface area contributed by atoms with E-state index in [1.807, 2.05) is 12.3 Å². The number of nitrogens with zero attached hydrogens (tertiary/aromatic N) is 4. The number of imidazole rings is 1. The summed E-state index contributed by atoms with van der Waals surface area (Å²) >= 11 is 0. The normalized spacial score (nSPS) is 18.4. The number of benzene rings is 1. The molecule has 1 aromatic carbocycles. The summed E-state index contributed by atoms with van der Waals surface area (Å²) in [5.74, 6) is 1.54. The molecule has 0 radical (unpaired) electrons. The Morgan fingerprint density at radius 3 is 2.76 bits per heavy atom. The van der Waals surface area contributed by atoms with E-state index in [4.69, 9.17) is 9.72 Å². The van der Waals surface area contributed by atoms with E-state index in [1.54, 1.807) is 19.2 Å². The van der Waals surface area contributed by atoms with Gasteiger partial charge < -0.3 is 24.3 Å². The number of carboxylic acid groups (broad SMARTS) is 1. The van der Waals surface area contributed by atoms with Gasteiger partial charge >= 0.3 is 5.97 Å². The first-order valence-electron chi connectivity index (χ1n) is 11.6. The average molecular weight is 446 g/mol. The molecular formula is C25H27N5O3. The number of carbonyl (C=O) groups is 1. The van der Waals surface area contributed by atoms with Gasteiger partial charge in [0, 0.05) is 24.7 Å². The van der Waals surface area contributed by atoms with Gasteiger partial charge in [-0.25, -0.2) is 14.8 Å². The number of nitrogens with one attached hydrogen (secondary N) is 1. The molecule has 6 rings (SSSR count). The van der Waals surface area contributed by atoms with Crippen LogP contribution in [0, 0.1) is 11.8 Å². The second-order valence-corrected chi connectivity index (χ2v) is 9.26. The van der Waals surface area contributed by atoms with E-state index in [0.717, 1.165) is 60.7 Å². The van der Waals surface area contributed by atoms with E-state index in [2.05, 4.69) is 31.6 Å². The van der Waals surface area contributed by atoms with Crippen molar-refractivity contribution in [3.63, 3.8) is 0 Å². The SMILES string of the molecule is COc1cc(C(=O)O)cc2nc(-c3cc4cccnc4n3CC3CC3)n(CC3CCNC3)c12. The van der Waals surface area contributed by atoms with Crippen molar-refractivity contribution in [1.29, 1.82) is 0 Å². The summed E-state index contributed by atoms with van der Waals surface area (Å²) < 4.78 is 10.2. The van der Waals surface area contributed by atoms with Crippen LogP contribution in [0.1, 0.15) is 29.6 Å². The molecule has 8 heteroatoms. The van der Waals surface area contributed by atoms with E-state index < -0.39 is 5.97 Å². The Morgan fingerprint density at radius 1 is 1.18 bits per heavy atom. The minimum atomic E-state index is -0.988. The maximum atomic E-state index is 11.7. The molecule has 4 aromatic rings. The molecule has 3 aromatic heterocycles. The summed E-state index contributed by atoms with van der Waals surface area (Å²) in [5, 5.41) is 14.2. The molecule has 1 unspecified atom stereocenters. The van der Waals surface area contributed by atoms with Crippen LogP contribution in [-0.2, 0) is 13.1 Å². The van der Waals surface area contributed by atoms with Crippen LogP contribution >= 0.6 is 0 Å². The summed E-state index contributed by atoms with van der Waals surface area (Å²) in [4.78, 5) is 21.4. The summed E-state index contributed by atoms with van der Waals surface area (Å²) in [6.45, 7) is 3.68. The third-order valence-corrected chi connectivity index (χ3v) is 6.90. The van der Waals surface area contributed by atoms with Crippen molar-refractivity contribution in [1.82, 2.24) is 24.4 Å². The van der Waals surface area contributed by atoms with E-state index in [0.29, 0.717) is 23.1 Å². The van der Waals surface area contributed by atoms with Crippen LogP contribution in [-0.4, -0.2) is 50.4 Å². The van der Waals surface area contributed by atoms with Crippen LogP contribution in [0.3, 0.4) is 0 Å². The predicted octanol–water partition coefficient (Wildman–Crippen LogP) is 3.78. The van der Waals surface area contributed by atoms with E-state index in [9.17, 15) is 9.90 Å². The molecule has 2 aliphatic rings. The zero-order valence-electron chi connectivity index (χ0n) is 18.6. The molecule has 8 nitrogen and oxygen atoms in total. The Labute approximate surface area is 191 Å². The fourth-order valence-corrected chi connectivity index (χ4v) is 5.03. The highest BCUT2D eigenvalue weighted by molar-refractivity contribution is 5.96. The number of ether oxygens (including phenoxy) is 1. The number of carboxylic acids is 1. The van der Waals surface area contributed by atoms with Gasteiger partial charge in [0.25, 0.3) is 0 Å². The van der Waals surface area contributed by atoms with Crippen molar-refractivity contribution in [3.05, 3.63) is 42.1 Å². The molecular weight excluding hydrogens is 418 g/mol. The first kappa shape index (κ1) is 20.2. The van der Waals surface area contributed by atoms with Gasteiger partial charge in [0.05, 0.1) is 23.9 Å². The molecule has 1 saturated carbocycles.